The van der Waals surface area contributed by atoms with Crippen molar-refractivity contribution < 1.29 is 14.3 Å². The van der Waals surface area contributed by atoms with Crippen molar-refractivity contribution in [3.05, 3.63) is 65.2 Å². The van der Waals surface area contributed by atoms with E-state index in [1.807, 2.05) is 36.1 Å². The SMILES string of the molecule is CCOC(=O)N1CCCc2ccc(OCCN)cc2C1Cc1ccccc1. The van der Waals surface area contributed by atoms with Gasteiger partial charge in [0.1, 0.15) is 12.4 Å². The van der Waals surface area contributed by atoms with E-state index in [0.717, 1.165) is 30.6 Å². The average Bonchev–Trinajstić information content (AvgIpc) is 2.87. The molecule has 1 amide bonds. The molecule has 1 aliphatic heterocycles. The van der Waals surface area contributed by atoms with Crippen LogP contribution in [0.1, 0.15) is 36.1 Å². The van der Waals surface area contributed by atoms with Gasteiger partial charge in [0.25, 0.3) is 0 Å². The van der Waals surface area contributed by atoms with Crippen LogP contribution in [0, 0.1) is 0 Å². The topological polar surface area (TPSA) is 64.8 Å². The van der Waals surface area contributed by atoms with Crippen LogP contribution >= 0.6 is 0 Å². The maximum Gasteiger partial charge on any atom is 0.410 e. The zero-order valence-corrected chi connectivity index (χ0v) is 15.9. The predicted molar refractivity (Wildman–Crippen MR) is 106 cm³/mol. The molecule has 2 aromatic rings. The number of benzene rings is 2. The smallest absolute Gasteiger partial charge is 0.410 e. The average molecular weight is 368 g/mol. The second-order valence-corrected chi connectivity index (χ2v) is 6.70. The number of hydrogen-bond donors (Lipinski definition) is 1. The molecule has 0 fully saturated rings. The van der Waals surface area contributed by atoms with Crippen LogP contribution in [0.15, 0.2) is 48.5 Å². The Bertz CT molecular complexity index is 748. The minimum Gasteiger partial charge on any atom is -0.492 e. The molecule has 1 heterocycles. The molecule has 144 valence electrons. The summed E-state index contributed by atoms with van der Waals surface area (Å²) in [6.07, 6.45) is 2.35. The van der Waals surface area contributed by atoms with Crippen LogP contribution in [0.25, 0.3) is 0 Å². The summed E-state index contributed by atoms with van der Waals surface area (Å²) in [5.74, 6) is 0.794. The maximum absolute atomic E-state index is 12.7. The number of fused-ring (bicyclic) bond motifs is 1. The summed E-state index contributed by atoms with van der Waals surface area (Å²) in [6.45, 7) is 3.85. The lowest BCUT2D eigenvalue weighted by Gasteiger charge is -2.30. The molecule has 5 heteroatoms. The van der Waals surface area contributed by atoms with Gasteiger partial charge in [-0.3, -0.25) is 0 Å². The van der Waals surface area contributed by atoms with E-state index in [4.69, 9.17) is 15.2 Å². The number of amides is 1. The molecular formula is C22H28N2O3. The Morgan fingerprint density at radius 2 is 2.04 bits per heavy atom. The Hall–Kier alpha value is -2.53. The van der Waals surface area contributed by atoms with Gasteiger partial charge < -0.3 is 20.1 Å². The van der Waals surface area contributed by atoms with Crippen molar-refractivity contribution in [3.8, 4) is 5.75 Å². The van der Waals surface area contributed by atoms with Crippen LogP contribution in [-0.4, -0.2) is 37.3 Å². The van der Waals surface area contributed by atoms with Crippen LogP contribution in [-0.2, 0) is 17.6 Å². The van der Waals surface area contributed by atoms with E-state index >= 15 is 0 Å². The van der Waals surface area contributed by atoms with Gasteiger partial charge in [-0.2, -0.15) is 0 Å². The monoisotopic (exact) mass is 368 g/mol. The molecule has 0 saturated carbocycles. The number of hydrogen-bond acceptors (Lipinski definition) is 4. The van der Waals surface area contributed by atoms with Crippen molar-refractivity contribution in [2.75, 3.05) is 26.3 Å². The highest BCUT2D eigenvalue weighted by Gasteiger charge is 2.30. The van der Waals surface area contributed by atoms with Gasteiger partial charge in [0.05, 0.1) is 12.6 Å². The van der Waals surface area contributed by atoms with Crippen molar-refractivity contribution >= 4 is 6.09 Å². The molecule has 0 radical (unpaired) electrons. The minimum atomic E-state index is -0.250. The van der Waals surface area contributed by atoms with Gasteiger partial charge in [-0.1, -0.05) is 36.4 Å². The lowest BCUT2D eigenvalue weighted by atomic mass is 9.93. The summed E-state index contributed by atoms with van der Waals surface area (Å²) >= 11 is 0. The molecule has 1 atom stereocenters. The van der Waals surface area contributed by atoms with E-state index in [9.17, 15) is 4.79 Å². The molecule has 5 nitrogen and oxygen atoms in total. The molecular weight excluding hydrogens is 340 g/mol. The number of nitrogens with two attached hydrogens (primary N) is 1. The van der Waals surface area contributed by atoms with Crippen molar-refractivity contribution in [1.29, 1.82) is 0 Å². The van der Waals surface area contributed by atoms with E-state index in [1.165, 1.54) is 11.1 Å². The highest BCUT2D eigenvalue weighted by atomic mass is 16.6. The van der Waals surface area contributed by atoms with E-state index in [-0.39, 0.29) is 12.1 Å². The number of carbonyl (C=O) groups excluding carboxylic acids is 1. The second-order valence-electron chi connectivity index (χ2n) is 6.70. The fourth-order valence-electron chi connectivity index (χ4n) is 3.62. The molecule has 0 spiro atoms. The first-order valence-electron chi connectivity index (χ1n) is 9.66. The summed E-state index contributed by atoms with van der Waals surface area (Å²) in [4.78, 5) is 14.5. The van der Waals surface area contributed by atoms with E-state index in [0.29, 0.717) is 26.3 Å². The first-order valence-corrected chi connectivity index (χ1v) is 9.66. The van der Waals surface area contributed by atoms with Gasteiger partial charge in [0.2, 0.25) is 0 Å². The Morgan fingerprint density at radius 3 is 2.78 bits per heavy atom. The zero-order valence-electron chi connectivity index (χ0n) is 15.9. The normalized spacial score (nSPS) is 16.4. The Labute approximate surface area is 161 Å². The number of carbonyl (C=O) groups is 1. The lowest BCUT2D eigenvalue weighted by Crippen LogP contribution is -2.36. The van der Waals surface area contributed by atoms with Gasteiger partial charge in [-0.25, -0.2) is 4.79 Å². The number of rotatable bonds is 6. The Balaban J connectivity index is 1.98. The van der Waals surface area contributed by atoms with Crippen molar-refractivity contribution in [1.82, 2.24) is 4.90 Å². The first-order chi connectivity index (χ1) is 13.2. The molecule has 0 aliphatic carbocycles. The molecule has 0 aromatic heterocycles. The summed E-state index contributed by atoms with van der Waals surface area (Å²) in [5.41, 5.74) is 9.17. The van der Waals surface area contributed by atoms with Gasteiger partial charge in [0.15, 0.2) is 0 Å². The van der Waals surface area contributed by atoms with Crippen molar-refractivity contribution in [2.45, 2.75) is 32.2 Å². The molecule has 2 aromatic carbocycles. The van der Waals surface area contributed by atoms with E-state index in [2.05, 4.69) is 24.3 Å². The van der Waals surface area contributed by atoms with Gasteiger partial charge in [-0.15, -0.1) is 0 Å². The molecule has 27 heavy (non-hydrogen) atoms. The van der Waals surface area contributed by atoms with Gasteiger partial charge in [-0.05, 0) is 55.0 Å². The summed E-state index contributed by atoms with van der Waals surface area (Å²) < 4.78 is 11.1. The molecule has 0 saturated heterocycles. The van der Waals surface area contributed by atoms with E-state index in [1.54, 1.807) is 0 Å². The standard InChI is InChI=1S/C22H28N2O3/c1-2-26-22(25)24-13-6-9-18-10-11-19(27-14-12-23)16-20(18)21(24)15-17-7-4-3-5-8-17/h3-5,7-8,10-11,16,21H,2,6,9,12-15,23H2,1H3. The summed E-state index contributed by atoms with van der Waals surface area (Å²) in [5, 5.41) is 0. The fourth-order valence-corrected chi connectivity index (χ4v) is 3.62. The molecule has 3 rings (SSSR count). The highest BCUT2D eigenvalue weighted by molar-refractivity contribution is 5.69. The molecule has 0 bridgehead atoms. The third kappa shape index (κ3) is 4.80. The molecule has 2 N–H and O–H groups in total. The van der Waals surface area contributed by atoms with Crippen LogP contribution in [0.2, 0.25) is 0 Å². The number of aryl methyl sites for hydroxylation is 1. The van der Waals surface area contributed by atoms with E-state index < -0.39 is 0 Å². The van der Waals surface area contributed by atoms with Crippen molar-refractivity contribution in [3.63, 3.8) is 0 Å². The largest absolute Gasteiger partial charge is 0.492 e. The molecule has 1 unspecified atom stereocenters. The summed E-state index contributed by atoms with van der Waals surface area (Å²) in [6, 6.07) is 16.4. The lowest BCUT2D eigenvalue weighted by molar-refractivity contribution is 0.0904. The third-order valence-electron chi connectivity index (χ3n) is 4.86. The Kier molecular flexibility index (Phi) is 6.71. The van der Waals surface area contributed by atoms with Gasteiger partial charge in [0, 0.05) is 13.1 Å². The minimum absolute atomic E-state index is 0.0784. The Morgan fingerprint density at radius 1 is 1.22 bits per heavy atom. The fraction of sp³-hybridized carbons (Fsp3) is 0.409. The second kappa shape index (κ2) is 9.42. The van der Waals surface area contributed by atoms with Crippen LogP contribution < -0.4 is 10.5 Å². The van der Waals surface area contributed by atoms with Crippen LogP contribution in [0.5, 0.6) is 5.75 Å². The molecule has 1 aliphatic rings. The first kappa shape index (κ1) is 19.2. The number of ether oxygens (including phenoxy) is 2. The quantitative estimate of drug-likeness (QED) is 0.844. The zero-order chi connectivity index (χ0) is 19.1. The van der Waals surface area contributed by atoms with Crippen LogP contribution in [0.4, 0.5) is 4.79 Å². The highest BCUT2D eigenvalue weighted by Crippen LogP contribution is 2.34. The van der Waals surface area contributed by atoms with Crippen LogP contribution in [0.3, 0.4) is 0 Å². The summed E-state index contributed by atoms with van der Waals surface area (Å²) in [7, 11) is 0. The van der Waals surface area contributed by atoms with Gasteiger partial charge >= 0.3 is 6.09 Å². The third-order valence-corrected chi connectivity index (χ3v) is 4.86. The predicted octanol–water partition coefficient (Wildman–Crippen LogP) is 3.71. The maximum atomic E-state index is 12.7. The number of nitrogens with zero attached hydrogens (tertiary/aromatic N) is 1. The van der Waals surface area contributed by atoms with Crippen molar-refractivity contribution in [2.24, 2.45) is 5.73 Å².